The summed E-state index contributed by atoms with van der Waals surface area (Å²) in [6.07, 6.45) is -4.10. The number of nitrogens with one attached hydrogen (secondary N) is 2. The number of carboxylic acids is 1. The van der Waals surface area contributed by atoms with Crippen molar-refractivity contribution >= 4 is 59.3 Å². The Morgan fingerprint density at radius 3 is 2.50 bits per heavy atom. The second-order valence-corrected chi connectivity index (χ2v) is 13.3. The smallest absolute Gasteiger partial charge is 0.341 e. The van der Waals surface area contributed by atoms with Crippen LogP contribution in [0.4, 0.5) is 5.95 Å². The van der Waals surface area contributed by atoms with Gasteiger partial charge in [-0.3, -0.25) is 18.7 Å². The molecule has 0 aliphatic carbocycles. The van der Waals surface area contributed by atoms with Crippen LogP contribution in [0.15, 0.2) is 0 Å². The Kier molecular flexibility index (Phi) is 9.99. The number of aliphatic hydroxyl groups excluding tert-OH is 1. The number of aromatic nitrogens is 4. The fourth-order valence-corrected chi connectivity index (χ4v) is 5.71. The standard InChI is InChI=1S/C21H33IN7O10P/c1-20(2,3)9-37-12(32)7-25-40(35,24-6-11(30)31)38-8-10-14(33)21(4,34)17(39-10)29-15-13(26-18(29)22)16(36-5)28-19(23)27-15/h10,14,17,33-34H,6-9H2,1-5H3,(H,30,31)(H2,23,27,28)(H2,24,25,35)/t10-,14-,17-,21-,40?/m1/s1. The van der Waals surface area contributed by atoms with Crippen molar-refractivity contribution in [2.24, 2.45) is 5.41 Å². The molecule has 0 saturated carbocycles. The van der Waals surface area contributed by atoms with Crippen LogP contribution in [0.25, 0.3) is 11.2 Å². The summed E-state index contributed by atoms with van der Waals surface area (Å²) in [4.78, 5) is 35.7. The molecule has 1 aliphatic heterocycles. The van der Waals surface area contributed by atoms with Crippen molar-refractivity contribution in [1.82, 2.24) is 29.7 Å². The van der Waals surface area contributed by atoms with Crippen LogP contribution in [0.5, 0.6) is 5.88 Å². The van der Waals surface area contributed by atoms with Crippen molar-refractivity contribution in [3.8, 4) is 5.88 Å². The summed E-state index contributed by atoms with van der Waals surface area (Å²) in [6.45, 7) is 5.09. The number of rotatable bonds is 12. The van der Waals surface area contributed by atoms with Crippen molar-refractivity contribution in [1.29, 1.82) is 0 Å². The van der Waals surface area contributed by atoms with Crippen molar-refractivity contribution in [2.75, 3.05) is 39.1 Å². The molecule has 0 amide bonds. The van der Waals surface area contributed by atoms with E-state index in [0.717, 1.165) is 0 Å². The minimum atomic E-state index is -4.19. The molecule has 2 aromatic heterocycles. The van der Waals surface area contributed by atoms with Gasteiger partial charge in [0.1, 0.15) is 30.9 Å². The number of nitrogen functional groups attached to an aromatic ring is 1. The molecule has 0 bridgehead atoms. The molecule has 19 heteroatoms. The number of nitrogens with two attached hydrogens (primary N) is 1. The maximum absolute atomic E-state index is 13.3. The van der Waals surface area contributed by atoms with Crippen molar-refractivity contribution in [3.05, 3.63) is 3.83 Å². The van der Waals surface area contributed by atoms with E-state index in [9.17, 15) is 24.4 Å². The Bertz CT molecular complexity index is 1300. The molecule has 1 aliphatic rings. The lowest BCUT2D eigenvalue weighted by Gasteiger charge is -2.28. The van der Waals surface area contributed by atoms with E-state index in [1.807, 2.05) is 43.4 Å². The quantitative estimate of drug-likeness (QED) is 0.0739. The maximum Gasteiger partial charge on any atom is 0.341 e. The Morgan fingerprint density at radius 1 is 1.25 bits per heavy atom. The van der Waals surface area contributed by atoms with E-state index in [-0.39, 0.29) is 35.0 Å². The first kappa shape index (κ1) is 32.3. The van der Waals surface area contributed by atoms with Gasteiger partial charge in [-0.05, 0) is 12.3 Å². The van der Waals surface area contributed by atoms with E-state index in [1.54, 1.807) is 0 Å². The van der Waals surface area contributed by atoms with Gasteiger partial charge in [-0.2, -0.15) is 9.97 Å². The third kappa shape index (κ3) is 7.55. The summed E-state index contributed by atoms with van der Waals surface area (Å²) in [5, 5.41) is 35.8. The molecule has 40 heavy (non-hydrogen) atoms. The average Bonchev–Trinajstić information content (AvgIpc) is 3.29. The molecule has 7 N–H and O–H groups in total. The first-order valence-electron chi connectivity index (χ1n) is 11.9. The number of nitrogens with zero attached hydrogens (tertiary/aromatic N) is 4. The summed E-state index contributed by atoms with van der Waals surface area (Å²) < 4.78 is 36.7. The minimum absolute atomic E-state index is 0.0924. The summed E-state index contributed by atoms with van der Waals surface area (Å²) in [7, 11) is -2.81. The number of hydrogen-bond acceptors (Lipinski definition) is 13. The summed E-state index contributed by atoms with van der Waals surface area (Å²) in [6, 6.07) is 0. The van der Waals surface area contributed by atoms with Gasteiger partial charge in [-0.1, -0.05) is 20.8 Å². The number of halogens is 1. The highest BCUT2D eigenvalue weighted by Crippen LogP contribution is 2.44. The SMILES string of the molecule is COc1nc(N)nc2c1nc(I)n2[C@@H]1O[C@H](COP(=O)(NCC(=O)O)NCC(=O)OCC(C)(C)C)[C@@H](O)[C@@]1(C)O. The van der Waals surface area contributed by atoms with Crippen LogP contribution in [0.3, 0.4) is 0 Å². The summed E-state index contributed by atoms with van der Waals surface area (Å²) in [5.74, 6) is -2.11. The molecular formula is C21H33IN7O10P. The molecule has 3 heterocycles. The summed E-state index contributed by atoms with van der Waals surface area (Å²) in [5.41, 5.74) is 3.96. The topological polar surface area (TPSA) is 242 Å². The van der Waals surface area contributed by atoms with Crippen LogP contribution in [0.2, 0.25) is 0 Å². The zero-order valence-corrected chi connectivity index (χ0v) is 25.5. The molecule has 224 valence electrons. The van der Waals surface area contributed by atoms with E-state index in [0.29, 0.717) is 3.83 Å². The molecule has 0 spiro atoms. The highest BCUT2D eigenvalue weighted by Gasteiger charge is 2.54. The molecule has 1 saturated heterocycles. The first-order valence-corrected chi connectivity index (χ1v) is 14.6. The van der Waals surface area contributed by atoms with E-state index >= 15 is 0 Å². The van der Waals surface area contributed by atoms with Crippen LogP contribution >= 0.6 is 30.3 Å². The zero-order chi connectivity index (χ0) is 30.0. The monoisotopic (exact) mass is 701 g/mol. The van der Waals surface area contributed by atoms with Crippen LogP contribution in [-0.2, 0) is 28.2 Å². The van der Waals surface area contributed by atoms with Gasteiger partial charge in [-0.15, -0.1) is 0 Å². The number of imidazole rings is 1. The highest BCUT2D eigenvalue weighted by molar-refractivity contribution is 14.1. The molecule has 1 fully saturated rings. The predicted molar refractivity (Wildman–Crippen MR) is 147 cm³/mol. The number of hydrogen-bond donors (Lipinski definition) is 6. The van der Waals surface area contributed by atoms with Gasteiger partial charge in [0.2, 0.25) is 11.8 Å². The van der Waals surface area contributed by atoms with Gasteiger partial charge in [0, 0.05) is 22.6 Å². The number of carbonyl (C=O) groups excluding carboxylic acids is 1. The van der Waals surface area contributed by atoms with Gasteiger partial charge < -0.3 is 39.8 Å². The molecule has 1 unspecified atom stereocenters. The van der Waals surface area contributed by atoms with E-state index < -0.39 is 63.3 Å². The number of fused-ring (bicyclic) bond motifs is 1. The van der Waals surface area contributed by atoms with Crippen molar-refractivity contribution < 1.29 is 48.2 Å². The van der Waals surface area contributed by atoms with E-state index in [4.69, 9.17) is 29.6 Å². The van der Waals surface area contributed by atoms with Gasteiger partial charge in [0.25, 0.3) is 0 Å². The third-order valence-corrected chi connectivity index (χ3v) is 8.04. The normalized spacial score (nSPS) is 24.6. The van der Waals surface area contributed by atoms with Crippen molar-refractivity contribution in [3.63, 3.8) is 0 Å². The maximum atomic E-state index is 13.3. The molecule has 0 aromatic carbocycles. The number of esters is 1. The van der Waals surface area contributed by atoms with E-state index in [2.05, 4.69) is 25.1 Å². The molecule has 3 rings (SSSR count). The Labute approximate surface area is 242 Å². The number of ether oxygens (including phenoxy) is 3. The van der Waals surface area contributed by atoms with Gasteiger partial charge in [0.05, 0.1) is 20.3 Å². The second-order valence-electron chi connectivity index (χ2n) is 10.3. The van der Waals surface area contributed by atoms with Crippen molar-refractivity contribution in [2.45, 2.75) is 51.7 Å². The van der Waals surface area contributed by atoms with Gasteiger partial charge in [-0.25, -0.2) is 15.2 Å². The molecule has 2 aromatic rings. The Balaban J connectivity index is 1.79. The molecular weight excluding hydrogens is 668 g/mol. The number of carbonyl (C=O) groups is 2. The van der Waals surface area contributed by atoms with Crippen LogP contribution in [0.1, 0.15) is 33.9 Å². The van der Waals surface area contributed by atoms with Crippen LogP contribution in [-0.4, -0.2) is 98.0 Å². The molecule has 17 nitrogen and oxygen atoms in total. The largest absolute Gasteiger partial charge is 0.480 e. The predicted octanol–water partition coefficient (Wildman–Crippen LogP) is 0.00880. The average molecular weight is 701 g/mol. The molecule has 0 radical (unpaired) electrons. The number of anilines is 1. The molecule has 5 atom stereocenters. The second kappa shape index (κ2) is 12.4. The van der Waals surface area contributed by atoms with Gasteiger partial charge >= 0.3 is 19.6 Å². The fraction of sp³-hybridized carbons (Fsp3) is 0.667. The van der Waals surface area contributed by atoms with E-state index in [1.165, 1.54) is 18.6 Å². The lowest BCUT2D eigenvalue weighted by molar-refractivity contribution is -0.145. The fourth-order valence-electron chi connectivity index (χ4n) is 3.66. The Hall–Kier alpha value is -2.19. The Morgan fingerprint density at radius 2 is 1.90 bits per heavy atom. The van der Waals surface area contributed by atoms with Crippen LogP contribution in [0, 0.1) is 9.25 Å². The number of aliphatic hydroxyl groups is 2. The third-order valence-electron chi connectivity index (χ3n) is 5.62. The highest BCUT2D eigenvalue weighted by atomic mass is 127. The van der Waals surface area contributed by atoms with Gasteiger partial charge in [0.15, 0.2) is 21.2 Å². The minimum Gasteiger partial charge on any atom is -0.480 e. The first-order chi connectivity index (χ1) is 18.5. The lowest BCUT2D eigenvalue weighted by Crippen LogP contribution is -2.45. The lowest BCUT2D eigenvalue weighted by atomic mass is 9.96. The number of aliphatic carboxylic acids is 1. The number of carboxylic acid groups (broad SMARTS) is 1. The van der Waals surface area contributed by atoms with Crippen LogP contribution < -0.4 is 20.6 Å². The number of methoxy groups -OCH3 is 1. The zero-order valence-electron chi connectivity index (χ0n) is 22.5. The summed E-state index contributed by atoms with van der Waals surface area (Å²) >= 11 is 1.88.